The van der Waals surface area contributed by atoms with Crippen molar-refractivity contribution in [1.82, 2.24) is 0 Å². The Bertz CT molecular complexity index is 723. The molecule has 2 aromatic rings. The van der Waals surface area contributed by atoms with Gasteiger partial charge in [-0.3, -0.25) is 4.79 Å². The van der Waals surface area contributed by atoms with E-state index in [1.54, 1.807) is 37.4 Å². The van der Waals surface area contributed by atoms with E-state index in [2.05, 4.69) is 21.2 Å². The number of carbonyl (C=O) groups is 1. The Hall–Kier alpha value is -2.41. The van der Waals surface area contributed by atoms with Crippen LogP contribution in [0.3, 0.4) is 0 Å². The van der Waals surface area contributed by atoms with E-state index in [0.29, 0.717) is 38.7 Å². The summed E-state index contributed by atoms with van der Waals surface area (Å²) in [6.07, 6.45) is 0. The van der Waals surface area contributed by atoms with Crippen molar-refractivity contribution in [3.8, 4) is 23.0 Å². The number of hydrogen-bond donors (Lipinski definition) is 1. The zero-order valence-electron chi connectivity index (χ0n) is 13.8. The average Bonchev–Trinajstić information content (AvgIpc) is 2.60. The van der Waals surface area contributed by atoms with Gasteiger partial charge in [0.2, 0.25) is 5.75 Å². The number of hydrogen-bond acceptors (Lipinski definition) is 5. The van der Waals surface area contributed by atoms with Crippen LogP contribution in [0.15, 0.2) is 34.8 Å². The minimum atomic E-state index is -0.296. The molecule has 128 valence electrons. The van der Waals surface area contributed by atoms with Crippen LogP contribution in [0, 0.1) is 0 Å². The van der Waals surface area contributed by atoms with Crippen LogP contribution < -0.4 is 24.3 Å². The van der Waals surface area contributed by atoms with E-state index in [4.69, 9.17) is 18.9 Å². The molecular formula is C17H18BrNO5. The molecule has 0 saturated carbocycles. The Morgan fingerprint density at radius 2 is 1.54 bits per heavy atom. The van der Waals surface area contributed by atoms with Crippen LogP contribution in [0.25, 0.3) is 0 Å². The molecule has 0 aromatic heterocycles. The number of amides is 1. The van der Waals surface area contributed by atoms with Crippen molar-refractivity contribution in [3.05, 3.63) is 40.4 Å². The molecule has 24 heavy (non-hydrogen) atoms. The second kappa shape index (κ2) is 7.92. The van der Waals surface area contributed by atoms with E-state index in [9.17, 15) is 4.79 Å². The average molecular weight is 396 g/mol. The summed E-state index contributed by atoms with van der Waals surface area (Å²) in [7, 11) is 6.10. The second-order valence-electron chi connectivity index (χ2n) is 4.71. The summed E-state index contributed by atoms with van der Waals surface area (Å²) in [6, 6.07) is 8.49. The molecule has 0 aliphatic heterocycles. The molecule has 1 N–H and O–H groups in total. The summed E-state index contributed by atoms with van der Waals surface area (Å²) in [6.45, 7) is 0. The van der Waals surface area contributed by atoms with Crippen molar-refractivity contribution in [2.45, 2.75) is 0 Å². The lowest BCUT2D eigenvalue weighted by molar-refractivity contribution is 0.102. The molecule has 0 saturated heterocycles. The van der Waals surface area contributed by atoms with Gasteiger partial charge in [0.15, 0.2) is 11.5 Å². The van der Waals surface area contributed by atoms with Gasteiger partial charge in [0.1, 0.15) is 5.75 Å². The van der Waals surface area contributed by atoms with Crippen LogP contribution >= 0.6 is 15.9 Å². The Morgan fingerprint density at radius 1 is 0.917 bits per heavy atom. The molecule has 0 aliphatic rings. The van der Waals surface area contributed by atoms with Crippen molar-refractivity contribution in [2.75, 3.05) is 33.8 Å². The Balaban J connectivity index is 2.35. The number of rotatable bonds is 6. The van der Waals surface area contributed by atoms with Crippen molar-refractivity contribution in [1.29, 1.82) is 0 Å². The Kier molecular flexibility index (Phi) is 5.92. The van der Waals surface area contributed by atoms with E-state index in [1.807, 2.05) is 0 Å². The smallest absolute Gasteiger partial charge is 0.256 e. The lowest BCUT2D eigenvalue weighted by atomic mass is 10.2. The maximum Gasteiger partial charge on any atom is 0.256 e. The minimum absolute atomic E-state index is 0.296. The summed E-state index contributed by atoms with van der Waals surface area (Å²) >= 11 is 3.37. The molecule has 0 atom stereocenters. The monoisotopic (exact) mass is 395 g/mol. The molecule has 2 aromatic carbocycles. The SMILES string of the molecule is COc1ccc(Br)c(C(=O)Nc2cc(OC)c(OC)c(OC)c2)c1. The van der Waals surface area contributed by atoms with Crippen LogP contribution in [0.2, 0.25) is 0 Å². The molecule has 0 bridgehead atoms. The number of carbonyl (C=O) groups excluding carboxylic acids is 1. The number of nitrogens with one attached hydrogen (secondary N) is 1. The first-order chi connectivity index (χ1) is 11.5. The lowest BCUT2D eigenvalue weighted by Crippen LogP contribution is -2.13. The minimum Gasteiger partial charge on any atom is -0.497 e. The van der Waals surface area contributed by atoms with E-state index in [1.165, 1.54) is 21.3 Å². The molecule has 0 radical (unpaired) electrons. The molecule has 0 spiro atoms. The van der Waals surface area contributed by atoms with Gasteiger partial charge in [-0.1, -0.05) is 0 Å². The number of ether oxygens (including phenoxy) is 4. The van der Waals surface area contributed by atoms with Gasteiger partial charge in [0, 0.05) is 22.3 Å². The van der Waals surface area contributed by atoms with Gasteiger partial charge < -0.3 is 24.3 Å². The van der Waals surface area contributed by atoms with Gasteiger partial charge in [-0.2, -0.15) is 0 Å². The molecular weight excluding hydrogens is 378 g/mol. The highest BCUT2D eigenvalue weighted by Gasteiger charge is 2.16. The lowest BCUT2D eigenvalue weighted by Gasteiger charge is -2.15. The third kappa shape index (κ3) is 3.73. The number of methoxy groups -OCH3 is 4. The van der Waals surface area contributed by atoms with E-state index < -0.39 is 0 Å². The molecule has 2 rings (SSSR count). The van der Waals surface area contributed by atoms with Gasteiger partial charge in [0.25, 0.3) is 5.91 Å². The van der Waals surface area contributed by atoms with Crippen LogP contribution in [-0.2, 0) is 0 Å². The zero-order chi connectivity index (χ0) is 17.7. The third-order valence-corrected chi connectivity index (χ3v) is 4.03. The highest BCUT2D eigenvalue weighted by atomic mass is 79.9. The van der Waals surface area contributed by atoms with E-state index >= 15 is 0 Å². The van der Waals surface area contributed by atoms with Crippen molar-refractivity contribution < 1.29 is 23.7 Å². The van der Waals surface area contributed by atoms with Crippen LogP contribution in [0.1, 0.15) is 10.4 Å². The molecule has 0 unspecified atom stereocenters. The Labute approximate surface area is 148 Å². The van der Waals surface area contributed by atoms with Gasteiger partial charge in [0.05, 0.1) is 34.0 Å². The molecule has 0 aliphatic carbocycles. The molecule has 6 nitrogen and oxygen atoms in total. The largest absolute Gasteiger partial charge is 0.497 e. The molecule has 0 fully saturated rings. The first-order valence-electron chi connectivity index (χ1n) is 6.99. The molecule has 1 amide bonds. The standard InChI is InChI=1S/C17H18BrNO5/c1-21-11-5-6-13(18)12(9-11)17(20)19-10-7-14(22-2)16(24-4)15(8-10)23-3/h5-9H,1-4H3,(H,19,20). The van der Waals surface area contributed by atoms with Gasteiger partial charge in [-0.15, -0.1) is 0 Å². The van der Waals surface area contributed by atoms with Crippen LogP contribution in [0.5, 0.6) is 23.0 Å². The highest BCUT2D eigenvalue weighted by Crippen LogP contribution is 2.40. The van der Waals surface area contributed by atoms with E-state index in [0.717, 1.165) is 0 Å². The molecule has 0 heterocycles. The fourth-order valence-electron chi connectivity index (χ4n) is 2.16. The summed E-state index contributed by atoms with van der Waals surface area (Å²) < 4.78 is 21.6. The third-order valence-electron chi connectivity index (χ3n) is 3.34. The van der Waals surface area contributed by atoms with Gasteiger partial charge >= 0.3 is 0 Å². The van der Waals surface area contributed by atoms with Crippen molar-refractivity contribution in [3.63, 3.8) is 0 Å². The topological polar surface area (TPSA) is 66.0 Å². The van der Waals surface area contributed by atoms with Crippen molar-refractivity contribution in [2.24, 2.45) is 0 Å². The Morgan fingerprint density at radius 3 is 2.04 bits per heavy atom. The zero-order valence-corrected chi connectivity index (χ0v) is 15.4. The second-order valence-corrected chi connectivity index (χ2v) is 5.57. The van der Waals surface area contributed by atoms with Crippen molar-refractivity contribution >= 4 is 27.5 Å². The van der Waals surface area contributed by atoms with Gasteiger partial charge in [-0.05, 0) is 34.1 Å². The summed E-state index contributed by atoms with van der Waals surface area (Å²) in [5.74, 6) is 1.66. The summed E-state index contributed by atoms with van der Waals surface area (Å²) in [5, 5.41) is 2.81. The number of anilines is 1. The first kappa shape index (κ1) is 17.9. The first-order valence-corrected chi connectivity index (χ1v) is 7.78. The fraction of sp³-hybridized carbons (Fsp3) is 0.235. The van der Waals surface area contributed by atoms with E-state index in [-0.39, 0.29) is 5.91 Å². The van der Waals surface area contributed by atoms with Crippen LogP contribution in [0.4, 0.5) is 5.69 Å². The summed E-state index contributed by atoms with van der Waals surface area (Å²) in [4.78, 5) is 12.5. The quantitative estimate of drug-likeness (QED) is 0.806. The van der Waals surface area contributed by atoms with Gasteiger partial charge in [-0.25, -0.2) is 0 Å². The maximum atomic E-state index is 12.5. The predicted molar refractivity (Wildman–Crippen MR) is 94.7 cm³/mol. The number of benzene rings is 2. The highest BCUT2D eigenvalue weighted by molar-refractivity contribution is 9.10. The molecule has 7 heteroatoms. The maximum absolute atomic E-state index is 12.5. The normalized spacial score (nSPS) is 10.0. The summed E-state index contributed by atoms with van der Waals surface area (Å²) in [5.41, 5.74) is 0.965. The fourth-order valence-corrected chi connectivity index (χ4v) is 2.58. The van der Waals surface area contributed by atoms with Crippen LogP contribution in [-0.4, -0.2) is 34.3 Å². The predicted octanol–water partition coefficient (Wildman–Crippen LogP) is 3.74. The number of halogens is 1.